The summed E-state index contributed by atoms with van der Waals surface area (Å²) in [6, 6.07) is 3.70. The number of nitrogens with one attached hydrogen (secondary N) is 3. The Balaban J connectivity index is 1.86. The molecule has 0 aliphatic rings. The number of aromatic amines is 1. The van der Waals surface area contributed by atoms with E-state index in [0.717, 1.165) is 31.4 Å². The summed E-state index contributed by atoms with van der Waals surface area (Å²) in [4.78, 5) is 19.8. The van der Waals surface area contributed by atoms with Gasteiger partial charge in [0.15, 0.2) is 5.69 Å². The molecule has 1 amide bonds. The molecule has 0 saturated heterocycles. The second-order valence-electron chi connectivity index (χ2n) is 5.78. The van der Waals surface area contributed by atoms with Crippen molar-refractivity contribution in [2.45, 2.75) is 26.2 Å². The fourth-order valence-corrected chi connectivity index (χ4v) is 2.52. The quantitative estimate of drug-likeness (QED) is 0.444. The first-order valence-electron chi connectivity index (χ1n) is 8.29. The van der Waals surface area contributed by atoms with Gasteiger partial charge in [-0.05, 0) is 12.5 Å². The van der Waals surface area contributed by atoms with Crippen molar-refractivity contribution in [1.29, 1.82) is 0 Å². The highest BCUT2D eigenvalue weighted by Gasteiger charge is 2.15. The van der Waals surface area contributed by atoms with E-state index in [-0.39, 0.29) is 23.1 Å². The van der Waals surface area contributed by atoms with Gasteiger partial charge in [-0.2, -0.15) is 18.9 Å². The number of amides is 1. The zero-order valence-corrected chi connectivity index (χ0v) is 14.1. The van der Waals surface area contributed by atoms with Crippen molar-refractivity contribution in [3.05, 3.63) is 42.0 Å². The molecule has 9 heteroatoms. The molecule has 136 valence electrons. The first kappa shape index (κ1) is 17.7. The topological polar surface area (TPSA) is 95.6 Å². The van der Waals surface area contributed by atoms with Crippen LogP contribution in [0.25, 0.3) is 10.9 Å². The van der Waals surface area contributed by atoms with Gasteiger partial charge in [-0.25, -0.2) is 4.98 Å². The third kappa shape index (κ3) is 4.11. The maximum absolute atomic E-state index is 13.3. The molecule has 3 aromatic heterocycles. The number of fused-ring (bicyclic) bond motifs is 1. The number of hydrogen-bond donors (Lipinski definition) is 3. The van der Waals surface area contributed by atoms with Crippen molar-refractivity contribution in [3.63, 3.8) is 0 Å². The van der Waals surface area contributed by atoms with Crippen LogP contribution in [0, 0.1) is 11.9 Å². The van der Waals surface area contributed by atoms with E-state index in [0.29, 0.717) is 17.4 Å². The molecule has 0 bridgehead atoms. The maximum atomic E-state index is 13.3. The Kier molecular flexibility index (Phi) is 5.35. The van der Waals surface area contributed by atoms with E-state index in [4.69, 9.17) is 0 Å². The Hall–Kier alpha value is -3.10. The van der Waals surface area contributed by atoms with Crippen LogP contribution in [0.5, 0.6) is 0 Å². The highest BCUT2D eigenvalue weighted by Crippen LogP contribution is 2.22. The summed E-state index contributed by atoms with van der Waals surface area (Å²) < 4.78 is 26.5. The smallest absolute Gasteiger partial charge is 0.272 e. The van der Waals surface area contributed by atoms with Gasteiger partial charge in [0.1, 0.15) is 5.82 Å². The van der Waals surface area contributed by atoms with Crippen molar-refractivity contribution in [2.24, 2.45) is 0 Å². The molecule has 0 radical (unpaired) electrons. The molecular formula is C17H18F2N6O. The second-order valence-corrected chi connectivity index (χ2v) is 5.78. The van der Waals surface area contributed by atoms with Crippen LogP contribution in [0.2, 0.25) is 0 Å². The predicted octanol–water partition coefficient (Wildman–Crippen LogP) is 3.29. The Bertz CT molecular complexity index is 907. The van der Waals surface area contributed by atoms with Gasteiger partial charge in [0.05, 0.1) is 11.7 Å². The standard InChI is InChI=1S/C17H18F2N6O/c1-2-3-4-5-20-17(26)16-15-10(9-21-25-15)6-14(24-16)22-11-7-12(18)23-13(19)8-11/h6-9H,2-5H2,1H3,(H,20,26)(H,21,25)(H,22,23,24). The summed E-state index contributed by atoms with van der Waals surface area (Å²) in [5.74, 6) is -1.98. The monoisotopic (exact) mass is 360 g/mol. The lowest BCUT2D eigenvalue weighted by molar-refractivity contribution is 0.0949. The molecule has 3 rings (SSSR count). The average Bonchev–Trinajstić information content (AvgIpc) is 3.05. The lowest BCUT2D eigenvalue weighted by Crippen LogP contribution is -2.26. The molecule has 3 N–H and O–H groups in total. The first-order valence-corrected chi connectivity index (χ1v) is 8.29. The number of pyridine rings is 2. The minimum absolute atomic E-state index is 0.139. The summed E-state index contributed by atoms with van der Waals surface area (Å²) in [6.45, 7) is 2.62. The summed E-state index contributed by atoms with van der Waals surface area (Å²) in [6.07, 6.45) is 4.50. The van der Waals surface area contributed by atoms with Crippen LogP contribution in [-0.2, 0) is 0 Å². The van der Waals surface area contributed by atoms with Crippen LogP contribution in [0.1, 0.15) is 36.7 Å². The van der Waals surface area contributed by atoms with E-state index < -0.39 is 11.9 Å². The van der Waals surface area contributed by atoms with Crippen LogP contribution in [0.3, 0.4) is 0 Å². The number of H-pyrrole nitrogens is 1. The Morgan fingerprint density at radius 2 is 1.92 bits per heavy atom. The minimum atomic E-state index is -0.953. The summed E-state index contributed by atoms with van der Waals surface area (Å²) >= 11 is 0. The largest absolute Gasteiger partial charge is 0.351 e. The summed E-state index contributed by atoms with van der Waals surface area (Å²) in [7, 11) is 0. The Morgan fingerprint density at radius 3 is 2.65 bits per heavy atom. The van der Waals surface area contributed by atoms with Crippen LogP contribution in [0.4, 0.5) is 20.3 Å². The molecule has 0 aliphatic carbocycles. The van der Waals surface area contributed by atoms with E-state index in [2.05, 4.69) is 37.7 Å². The Morgan fingerprint density at radius 1 is 1.15 bits per heavy atom. The number of aromatic nitrogens is 4. The van der Waals surface area contributed by atoms with Gasteiger partial charge in [-0.3, -0.25) is 9.89 Å². The van der Waals surface area contributed by atoms with Crippen LogP contribution < -0.4 is 10.6 Å². The fraction of sp³-hybridized carbons (Fsp3) is 0.294. The highest BCUT2D eigenvalue weighted by atomic mass is 19.1. The normalized spacial score (nSPS) is 10.9. The first-order chi connectivity index (χ1) is 12.6. The molecule has 0 saturated carbocycles. The number of anilines is 2. The molecule has 0 fully saturated rings. The minimum Gasteiger partial charge on any atom is -0.351 e. The number of hydrogen-bond acceptors (Lipinski definition) is 5. The van der Waals surface area contributed by atoms with E-state index in [1.165, 1.54) is 0 Å². The molecule has 0 unspecified atom stereocenters. The predicted molar refractivity (Wildman–Crippen MR) is 93.2 cm³/mol. The molecule has 3 heterocycles. The van der Waals surface area contributed by atoms with Crippen molar-refractivity contribution >= 4 is 28.3 Å². The molecule has 0 aromatic carbocycles. The van der Waals surface area contributed by atoms with Gasteiger partial charge in [0.2, 0.25) is 11.9 Å². The molecule has 3 aromatic rings. The molecule has 0 spiro atoms. The number of nitrogens with zero attached hydrogens (tertiary/aromatic N) is 3. The lowest BCUT2D eigenvalue weighted by atomic mass is 10.2. The molecule has 26 heavy (non-hydrogen) atoms. The van der Waals surface area contributed by atoms with Crippen LogP contribution in [0.15, 0.2) is 24.4 Å². The average molecular weight is 360 g/mol. The van der Waals surface area contributed by atoms with Crippen LogP contribution in [-0.4, -0.2) is 32.6 Å². The summed E-state index contributed by atoms with van der Waals surface area (Å²) in [5, 5.41) is 12.9. The van der Waals surface area contributed by atoms with Gasteiger partial charge >= 0.3 is 0 Å². The number of rotatable bonds is 7. The van der Waals surface area contributed by atoms with Crippen molar-refractivity contribution < 1.29 is 13.6 Å². The molecule has 7 nitrogen and oxygen atoms in total. The maximum Gasteiger partial charge on any atom is 0.272 e. The van der Waals surface area contributed by atoms with E-state index in [1.807, 2.05) is 0 Å². The van der Waals surface area contributed by atoms with E-state index >= 15 is 0 Å². The number of halogens is 2. The van der Waals surface area contributed by atoms with Gasteiger partial charge in [0, 0.05) is 29.8 Å². The number of unbranched alkanes of at least 4 members (excludes halogenated alkanes) is 2. The third-order valence-corrected chi connectivity index (χ3v) is 3.75. The van der Waals surface area contributed by atoms with Crippen molar-refractivity contribution in [3.8, 4) is 0 Å². The zero-order chi connectivity index (χ0) is 18.5. The second kappa shape index (κ2) is 7.85. The van der Waals surface area contributed by atoms with Crippen molar-refractivity contribution in [2.75, 3.05) is 11.9 Å². The van der Waals surface area contributed by atoms with Gasteiger partial charge in [-0.15, -0.1) is 0 Å². The Labute approximate surface area is 148 Å². The van der Waals surface area contributed by atoms with Gasteiger partial charge < -0.3 is 10.6 Å². The number of carbonyl (C=O) groups is 1. The molecule has 0 atom stereocenters. The van der Waals surface area contributed by atoms with Crippen LogP contribution >= 0.6 is 0 Å². The highest BCUT2D eigenvalue weighted by molar-refractivity contribution is 6.04. The van der Waals surface area contributed by atoms with Crippen molar-refractivity contribution in [1.82, 2.24) is 25.5 Å². The molecule has 0 aliphatic heterocycles. The van der Waals surface area contributed by atoms with Gasteiger partial charge in [0.25, 0.3) is 5.91 Å². The van der Waals surface area contributed by atoms with E-state index in [9.17, 15) is 13.6 Å². The lowest BCUT2D eigenvalue weighted by Gasteiger charge is -2.09. The summed E-state index contributed by atoms with van der Waals surface area (Å²) in [5.41, 5.74) is 0.796. The molecular weight excluding hydrogens is 342 g/mol. The van der Waals surface area contributed by atoms with Gasteiger partial charge in [-0.1, -0.05) is 19.8 Å². The third-order valence-electron chi connectivity index (χ3n) is 3.75. The van der Waals surface area contributed by atoms with E-state index in [1.54, 1.807) is 12.3 Å². The zero-order valence-electron chi connectivity index (χ0n) is 14.1. The SMILES string of the molecule is CCCCCNC(=O)c1nc(Nc2cc(F)nc(F)c2)cc2cn[nH]c12. The fourth-order valence-electron chi connectivity index (χ4n) is 2.52. The number of carbonyl (C=O) groups excluding carboxylic acids is 1.